The molecule has 0 aromatic heterocycles. The van der Waals surface area contributed by atoms with E-state index in [1.54, 1.807) is 0 Å². The van der Waals surface area contributed by atoms with E-state index in [2.05, 4.69) is 77.8 Å². The molecule has 5 heteroatoms. The van der Waals surface area contributed by atoms with Crippen molar-refractivity contribution in [3.05, 3.63) is 33.4 Å². The summed E-state index contributed by atoms with van der Waals surface area (Å²) in [5.41, 5.74) is 1.72. The number of rotatable bonds is 2. The standard InChI is InChI=1S/C15H23IN2.2ClH/c1-15(2,3)14(18-10-8-17-9-11-18)12-4-6-13(16)7-5-12;;/h4-7,14,17H,8-11H2,1-3H3;2*1H/t14-;;/m1../s1. The van der Waals surface area contributed by atoms with Gasteiger partial charge in [-0.3, -0.25) is 4.90 Å². The van der Waals surface area contributed by atoms with Gasteiger partial charge in [-0.2, -0.15) is 0 Å². The van der Waals surface area contributed by atoms with Gasteiger partial charge in [0.25, 0.3) is 0 Å². The van der Waals surface area contributed by atoms with Gasteiger partial charge in [-0.15, -0.1) is 24.8 Å². The van der Waals surface area contributed by atoms with Gasteiger partial charge in [0.15, 0.2) is 0 Å². The highest BCUT2D eigenvalue weighted by atomic mass is 127. The molecule has 0 spiro atoms. The predicted octanol–water partition coefficient (Wildman–Crippen LogP) is 4.13. The Morgan fingerprint density at radius 2 is 1.55 bits per heavy atom. The Kier molecular flexibility index (Phi) is 8.98. The van der Waals surface area contributed by atoms with Crippen molar-refractivity contribution in [3.63, 3.8) is 0 Å². The summed E-state index contributed by atoms with van der Waals surface area (Å²) in [6.07, 6.45) is 0. The minimum atomic E-state index is 0. The lowest BCUT2D eigenvalue weighted by atomic mass is 9.81. The van der Waals surface area contributed by atoms with Crippen molar-refractivity contribution in [2.75, 3.05) is 26.2 Å². The normalized spacial score (nSPS) is 17.8. The molecule has 1 fully saturated rings. The van der Waals surface area contributed by atoms with Gasteiger partial charge in [-0.25, -0.2) is 0 Å². The number of nitrogens with one attached hydrogen (secondary N) is 1. The van der Waals surface area contributed by atoms with Crippen LogP contribution in [0.25, 0.3) is 0 Å². The van der Waals surface area contributed by atoms with Crippen LogP contribution in [-0.4, -0.2) is 31.1 Å². The van der Waals surface area contributed by atoms with E-state index < -0.39 is 0 Å². The highest BCUT2D eigenvalue weighted by Crippen LogP contribution is 2.38. The van der Waals surface area contributed by atoms with Crippen molar-refractivity contribution < 1.29 is 0 Å². The first-order chi connectivity index (χ1) is 8.48. The molecule has 1 saturated heterocycles. The van der Waals surface area contributed by atoms with E-state index in [0.29, 0.717) is 6.04 Å². The maximum Gasteiger partial charge on any atom is 0.0397 e. The van der Waals surface area contributed by atoms with Crippen LogP contribution >= 0.6 is 47.4 Å². The fourth-order valence-corrected chi connectivity index (χ4v) is 3.20. The van der Waals surface area contributed by atoms with Crippen LogP contribution < -0.4 is 5.32 Å². The zero-order valence-electron chi connectivity index (χ0n) is 12.4. The van der Waals surface area contributed by atoms with E-state index >= 15 is 0 Å². The van der Waals surface area contributed by atoms with Crippen LogP contribution in [0.15, 0.2) is 24.3 Å². The number of piperazine rings is 1. The fraction of sp³-hybridized carbons (Fsp3) is 0.600. The fourth-order valence-electron chi connectivity index (χ4n) is 2.84. The first kappa shape index (κ1) is 20.5. The maximum atomic E-state index is 3.44. The first-order valence-electron chi connectivity index (χ1n) is 6.69. The van der Waals surface area contributed by atoms with Crippen LogP contribution in [0.4, 0.5) is 0 Å². The van der Waals surface area contributed by atoms with Crippen LogP contribution in [0.5, 0.6) is 0 Å². The summed E-state index contributed by atoms with van der Waals surface area (Å²) >= 11 is 2.37. The third-order valence-corrected chi connectivity index (χ3v) is 4.24. The zero-order chi connectivity index (χ0) is 13.2. The van der Waals surface area contributed by atoms with Gasteiger partial charge in [0.05, 0.1) is 0 Å². The van der Waals surface area contributed by atoms with E-state index in [9.17, 15) is 0 Å². The van der Waals surface area contributed by atoms with Gasteiger partial charge in [0.1, 0.15) is 0 Å². The van der Waals surface area contributed by atoms with Crippen LogP contribution in [0, 0.1) is 8.99 Å². The molecule has 116 valence electrons. The molecule has 0 aliphatic carbocycles. The third-order valence-electron chi connectivity index (χ3n) is 3.52. The van der Waals surface area contributed by atoms with Gasteiger partial charge in [0, 0.05) is 35.8 Å². The van der Waals surface area contributed by atoms with Crippen molar-refractivity contribution in [1.29, 1.82) is 0 Å². The summed E-state index contributed by atoms with van der Waals surface area (Å²) in [4.78, 5) is 2.62. The van der Waals surface area contributed by atoms with E-state index in [-0.39, 0.29) is 30.2 Å². The molecule has 0 saturated carbocycles. The number of benzene rings is 1. The van der Waals surface area contributed by atoms with E-state index in [1.165, 1.54) is 9.13 Å². The SMILES string of the molecule is CC(C)(C)[C@@H](c1ccc(I)cc1)N1CCNCC1.Cl.Cl. The smallest absolute Gasteiger partial charge is 0.0397 e. The van der Waals surface area contributed by atoms with Gasteiger partial charge in [-0.05, 0) is 45.7 Å². The summed E-state index contributed by atoms with van der Waals surface area (Å²) in [5, 5.41) is 3.44. The number of hydrogen-bond donors (Lipinski definition) is 1. The minimum Gasteiger partial charge on any atom is -0.314 e. The molecule has 1 aromatic rings. The zero-order valence-corrected chi connectivity index (χ0v) is 16.1. The van der Waals surface area contributed by atoms with Crippen LogP contribution in [0.3, 0.4) is 0 Å². The molecule has 1 aromatic carbocycles. The van der Waals surface area contributed by atoms with Gasteiger partial charge in [-0.1, -0.05) is 32.9 Å². The molecular formula is C15H25Cl2IN2. The first-order valence-corrected chi connectivity index (χ1v) is 7.76. The molecule has 1 heterocycles. The second-order valence-corrected chi connectivity index (χ2v) is 7.35. The third kappa shape index (κ3) is 5.34. The van der Waals surface area contributed by atoms with Crippen molar-refractivity contribution >= 4 is 47.4 Å². The average Bonchev–Trinajstić information content (AvgIpc) is 2.32. The maximum absolute atomic E-state index is 3.44. The molecule has 0 bridgehead atoms. The molecule has 20 heavy (non-hydrogen) atoms. The number of nitrogens with zero attached hydrogens (tertiary/aromatic N) is 1. The predicted molar refractivity (Wildman–Crippen MR) is 100 cm³/mol. The molecule has 2 rings (SSSR count). The van der Waals surface area contributed by atoms with Crippen molar-refractivity contribution in [2.45, 2.75) is 26.8 Å². The molecule has 2 nitrogen and oxygen atoms in total. The van der Waals surface area contributed by atoms with Crippen molar-refractivity contribution in [3.8, 4) is 0 Å². The van der Waals surface area contributed by atoms with Gasteiger partial charge >= 0.3 is 0 Å². The Labute approximate surface area is 149 Å². The average molecular weight is 431 g/mol. The van der Waals surface area contributed by atoms with Crippen LogP contribution in [0.2, 0.25) is 0 Å². The Morgan fingerprint density at radius 1 is 1.05 bits per heavy atom. The molecule has 0 amide bonds. The molecular weight excluding hydrogens is 406 g/mol. The second kappa shape index (κ2) is 8.79. The van der Waals surface area contributed by atoms with Crippen molar-refractivity contribution in [2.24, 2.45) is 5.41 Å². The minimum absolute atomic E-state index is 0. The van der Waals surface area contributed by atoms with E-state index in [0.717, 1.165) is 26.2 Å². The van der Waals surface area contributed by atoms with E-state index in [1.807, 2.05) is 0 Å². The highest BCUT2D eigenvalue weighted by molar-refractivity contribution is 14.1. The summed E-state index contributed by atoms with van der Waals surface area (Å²) in [6.45, 7) is 11.5. The second-order valence-electron chi connectivity index (χ2n) is 6.11. The summed E-state index contributed by atoms with van der Waals surface area (Å²) in [5.74, 6) is 0. The highest BCUT2D eigenvalue weighted by Gasteiger charge is 2.32. The van der Waals surface area contributed by atoms with Crippen LogP contribution in [0.1, 0.15) is 32.4 Å². The monoisotopic (exact) mass is 430 g/mol. The van der Waals surface area contributed by atoms with Crippen molar-refractivity contribution in [1.82, 2.24) is 10.2 Å². The molecule has 1 N–H and O–H groups in total. The Hall–Kier alpha value is 0.450. The summed E-state index contributed by atoms with van der Waals surface area (Å²) in [7, 11) is 0. The number of halogens is 3. The lowest BCUT2D eigenvalue weighted by Gasteiger charge is -2.42. The summed E-state index contributed by atoms with van der Waals surface area (Å²) in [6, 6.07) is 9.53. The summed E-state index contributed by atoms with van der Waals surface area (Å²) < 4.78 is 1.31. The largest absolute Gasteiger partial charge is 0.314 e. The number of hydrogen-bond acceptors (Lipinski definition) is 2. The topological polar surface area (TPSA) is 15.3 Å². The molecule has 0 radical (unpaired) electrons. The van der Waals surface area contributed by atoms with E-state index in [4.69, 9.17) is 0 Å². The lowest BCUT2D eigenvalue weighted by molar-refractivity contribution is 0.0862. The Balaban J connectivity index is 0.00000180. The van der Waals surface area contributed by atoms with Crippen LogP contribution in [-0.2, 0) is 0 Å². The quantitative estimate of drug-likeness (QED) is 0.709. The molecule has 1 aliphatic rings. The lowest BCUT2D eigenvalue weighted by Crippen LogP contribution is -2.48. The molecule has 1 aliphatic heterocycles. The molecule has 0 unspecified atom stereocenters. The van der Waals surface area contributed by atoms with Gasteiger partial charge < -0.3 is 5.32 Å². The molecule has 1 atom stereocenters. The van der Waals surface area contributed by atoms with Gasteiger partial charge in [0.2, 0.25) is 0 Å². The Bertz CT molecular complexity index is 384. The Morgan fingerprint density at radius 3 is 2.00 bits per heavy atom.